The minimum Gasteiger partial charge on any atom is -0.368 e. The molecule has 0 spiro atoms. The van der Waals surface area contributed by atoms with Gasteiger partial charge < -0.3 is 10.2 Å². The molecule has 124 valence electrons. The van der Waals surface area contributed by atoms with Gasteiger partial charge in [0.15, 0.2) is 0 Å². The molecule has 3 nitrogen and oxygen atoms in total. The van der Waals surface area contributed by atoms with Gasteiger partial charge in [0, 0.05) is 30.2 Å². The van der Waals surface area contributed by atoms with Crippen LogP contribution in [-0.4, -0.2) is 47.1 Å². The fourth-order valence-electron chi connectivity index (χ4n) is 2.44. The number of hydrogen-bond donors (Lipinski definition) is 1. The molecule has 0 rings (SSSR count). The normalized spacial score (nSPS) is 15.5. The molecule has 0 aliphatic rings. The molecule has 0 fully saturated rings. The maximum absolute atomic E-state index is 4.21. The molecule has 0 aromatic rings. The molecule has 0 heterocycles. The number of nitrogens with zero attached hydrogens (tertiary/aromatic N) is 2. The summed E-state index contributed by atoms with van der Waals surface area (Å²) in [5.74, 6) is 0.962. The van der Waals surface area contributed by atoms with Crippen molar-refractivity contribution in [2.75, 3.05) is 14.1 Å². The maximum Gasteiger partial charge on any atom is 0.0943 e. The van der Waals surface area contributed by atoms with Crippen LogP contribution in [0.3, 0.4) is 0 Å². The number of hydrogen-bond acceptors (Lipinski definition) is 3. The van der Waals surface area contributed by atoms with E-state index in [4.69, 9.17) is 0 Å². The zero-order chi connectivity index (χ0) is 17.0. The van der Waals surface area contributed by atoms with Gasteiger partial charge in [-0.25, -0.2) is 0 Å². The van der Waals surface area contributed by atoms with Gasteiger partial charge in [-0.3, -0.25) is 4.90 Å². The van der Waals surface area contributed by atoms with E-state index in [9.17, 15) is 0 Å². The van der Waals surface area contributed by atoms with Gasteiger partial charge in [0.05, 0.1) is 5.82 Å². The summed E-state index contributed by atoms with van der Waals surface area (Å²) < 4.78 is 0. The molecule has 3 heteroatoms. The predicted molar refractivity (Wildman–Crippen MR) is 95.4 cm³/mol. The van der Waals surface area contributed by atoms with Crippen molar-refractivity contribution in [3.8, 4) is 0 Å². The lowest BCUT2D eigenvalue weighted by atomic mass is 9.97. The van der Waals surface area contributed by atoms with E-state index in [0.29, 0.717) is 12.1 Å². The van der Waals surface area contributed by atoms with Crippen LogP contribution in [0.15, 0.2) is 25.1 Å². The van der Waals surface area contributed by atoms with Crippen molar-refractivity contribution in [2.24, 2.45) is 0 Å². The van der Waals surface area contributed by atoms with Crippen molar-refractivity contribution in [3.05, 3.63) is 25.1 Å². The van der Waals surface area contributed by atoms with Crippen LogP contribution in [0.25, 0.3) is 0 Å². The Labute approximate surface area is 133 Å². The van der Waals surface area contributed by atoms with Crippen LogP contribution in [0.1, 0.15) is 54.9 Å². The van der Waals surface area contributed by atoms with Crippen LogP contribution in [0.5, 0.6) is 0 Å². The fraction of sp³-hybridized carbons (Fsp3) is 0.778. The third-order valence-corrected chi connectivity index (χ3v) is 4.08. The minimum absolute atomic E-state index is 0.0171. The molecule has 2 unspecified atom stereocenters. The SMILES string of the molecule is C=CCC(C(C)N(C)C(C)(C)C)N(C)C(=C)NC(C)(C)C. The molecule has 0 radical (unpaired) electrons. The Morgan fingerprint density at radius 3 is 1.95 bits per heavy atom. The van der Waals surface area contributed by atoms with Gasteiger partial charge in [0.2, 0.25) is 0 Å². The Bertz CT molecular complexity index is 346. The van der Waals surface area contributed by atoms with E-state index < -0.39 is 0 Å². The topological polar surface area (TPSA) is 18.5 Å². The lowest BCUT2D eigenvalue weighted by molar-refractivity contribution is 0.0685. The molecule has 1 N–H and O–H groups in total. The predicted octanol–water partition coefficient (Wildman–Crippen LogP) is 3.84. The molecule has 0 saturated carbocycles. The summed E-state index contributed by atoms with van der Waals surface area (Å²) >= 11 is 0. The van der Waals surface area contributed by atoms with Crippen molar-refractivity contribution in [3.63, 3.8) is 0 Å². The molecule has 0 amide bonds. The Hall–Kier alpha value is -0.960. The highest BCUT2D eigenvalue weighted by Gasteiger charge is 2.30. The Morgan fingerprint density at radius 2 is 1.62 bits per heavy atom. The monoisotopic (exact) mass is 295 g/mol. The maximum atomic E-state index is 4.21. The van der Waals surface area contributed by atoms with Crippen LogP contribution in [0.4, 0.5) is 0 Å². The van der Waals surface area contributed by atoms with Crippen molar-refractivity contribution >= 4 is 0 Å². The first kappa shape index (κ1) is 20.0. The van der Waals surface area contributed by atoms with Crippen LogP contribution < -0.4 is 5.32 Å². The third kappa shape index (κ3) is 6.56. The quantitative estimate of drug-likeness (QED) is 0.720. The molecular weight excluding hydrogens is 258 g/mol. The molecule has 0 saturated heterocycles. The average Bonchev–Trinajstić information content (AvgIpc) is 2.30. The lowest BCUT2D eigenvalue weighted by Crippen LogP contribution is -2.55. The second-order valence-electron chi connectivity index (χ2n) is 8.05. The molecule has 0 aromatic heterocycles. The number of nitrogens with one attached hydrogen (secondary N) is 1. The third-order valence-electron chi connectivity index (χ3n) is 4.08. The van der Waals surface area contributed by atoms with Crippen LogP contribution in [-0.2, 0) is 0 Å². The van der Waals surface area contributed by atoms with Gasteiger partial charge in [0.25, 0.3) is 0 Å². The summed E-state index contributed by atoms with van der Waals surface area (Å²) in [5.41, 5.74) is 0.154. The lowest BCUT2D eigenvalue weighted by Gasteiger charge is -2.45. The molecule has 2 atom stereocenters. The molecule has 21 heavy (non-hydrogen) atoms. The molecule has 0 aliphatic carbocycles. The summed E-state index contributed by atoms with van der Waals surface area (Å²) in [6, 6.07) is 0.737. The Balaban J connectivity index is 5.12. The standard InChI is InChI=1S/C18H37N3/c1-12-13-16(14(2)21(11)18(7,8)9)20(10)15(3)19-17(4,5)6/h12,14,16,19H,1,3,13H2,2,4-11H3. The van der Waals surface area contributed by atoms with E-state index in [1.807, 2.05) is 6.08 Å². The zero-order valence-electron chi connectivity index (χ0n) is 15.7. The van der Waals surface area contributed by atoms with Crippen LogP contribution in [0, 0.1) is 0 Å². The van der Waals surface area contributed by atoms with E-state index in [1.165, 1.54) is 0 Å². The second-order valence-corrected chi connectivity index (χ2v) is 8.05. The van der Waals surface area contributed by atoms with Crippen molar-refractivity contribution in [1.29, 1.82) is 0 Å². The summed E-state index contributed by atoms with van der Waals surface area (Å²) in [5, 5.41) is 3.47. The highest BCUT2D eigenvalue weighted by atomic mass is 15.3. The van der Waals surface area contributed by atoms with E-state index in [1.54, 1.807) is 0 Å². The van der Waals surface area contributed by atoms with E-state index in [0.717, 1.165) is 12.2 Å². The zero-order valence-corrected chi connectivity index (χ0v) is 15.7. The molecule has 0 aromatic carbocycles. The van der Waals surface area contributed by atoms with Gasteiger partial charge in [-0.1, -0.05) is 12.7 Å². The molecular formula is C18H37N3. The van der Waals surface area contributed by atoms with Crippen molar-refractivity contribution in [2.45, 2.75) is 78.0 Å². The first-order valence-corrected chi connectivity index (χ1v) is 7.85. The van der Waals surface area contributed by atoms with Crippen molar-refractivity contribution < 1.29 is 0 Å². The highest BCUT2D eigenvalue weighted by Crippen LogP contribution is 2.22. The summed E-state index contributed by atoms with van der Waals surface area (Å²) in [6.45, 7) is 23.6. The Kier molecular flexibility index (Phi) is 7.01. The first-order chi connectivity index (χ1) is 9.31. The van der Waals surface area contributed by atoms with Gasteiger partial charge in [-0.2, -0.15) is 0 Å². The van der Waals surface area contributed by atoms with Crippen LogP contribution in [0.2, 0.25) is 0 Å². The van der Waals surface area contributed by atoms with E-state index >= 15 is 0 Å². The average molecular weight is 296 g/mol. The van der Waals surface area contributed by atoms with Gasteiger partial charge in [-0.05, 0) is 61.9 Å². The van der Waals surface area contributed by atoms with Crippen molar-refractivity contribution in [1.82, 2.24) is 15.1 Å². The summed E-state index contributed by atoms with van der Waals surface area (Å²) in [7, 11) is 4.30. The molecule has 0 aliphatic heterocycles. The van der Waals surface area contributed by atoms with Gasteiger partial charge >= 0.3 is 0 Å². The van der Waals surface area contributed by atoms with Crippen LogP contribution >= 0.6 is 0 Å². The second kappa shape index (κ2) is 7.35. The fourth-order valence-corrected chi connectivity index (χ4v) is 2.44. The summed E-state index contributed by atoms with van der Waals surface area (Å²) in [6.07, 6.45) is 2.93. The minimum atomic E-state index is 0.0171. The van der Waals surface area contributed by atoms with Gasteiger partial charge in [0.1, 0.15) is 0 Å². The highest BCUT2D eigenvalue weighted by molar-refractivity contribution is 5.01. The van der Waals surface area contributed by atoms with E-state index in [-0.39, 0.29) is 11.1 Å². The number of rotatable bonds is 7. The smallest absolute Gasteiger partial charge is 0.0943 e. The largest absolute Gasteiger partial charge is 0.368 e. The summed E-state index contributed by atoms with van der Waals surface area (Å²) in [4.78, 5) is 4.67. The van der Waals surface area contributed by atoms with E-state index in [2.05, 4.69) is 90.8 Å². The Morgan fingerprint density at radius 1 is 1.14 bits per heavy atom. The first-order valence-electron chi connectivity index (χ1n) is 7.85. The molecule has 0 bridgehead atoms. The van der Waals surface area contributed by atoms with Gasteiger partial charge in [-0.15, -0.1) is 6.58 Å². The number of likely N-dealkylation sites (N-methyl/N-ethyl adjacent to an activating group) is 2.